The fourth-order valence-corrected chi connectivity index (χ4v) is 2.91. The largest absolute Gasteiger partial charge is 0.471 e. The van der Waals surface area contributed by atoms with Gasteiger partial charge in [0, 0.05) is 24.6 Å². The Morgan fingerprint density at radius 2 is 2.15 bits per heavy atom. The van der Waals surface area contributed by atoms with Crippen LogP contribution in [0.1, 0.15) is 34.4 Å². The SMILES string of the molecule is O=C(c1cccc(-n2cnnn2)c1)N1CC[C@@H](c2noc(C(F)(F)F)n2)C1. The molecular formula is C15H12F3N7O2. The second-order valence-corrected chi connectivity index (χ2v) is 6.00. The number of amides is 1. The zero-order chi connectivity index (χ0) is 19.0. The van der Waals surface area contributed by atoms with E-state index in [1.54, 1.807) is 29.2 Å². The van der Waals surface area contributed by atoms with E-state index in [-0.39, 0.29) is 18.3 Å². The second-order valence-electron chi connectivity index (χ2n) is 6.00. The summed E-state index contributed by atoms with van der Waals surface area (Å²) in [6.45, 7) is 0.597. The Morgan fingerprint density at radius 1 is 1.30 bits per heavy atom. The molecule has 1 amide bonds. The number of carbonyl (C=O) groups is 1. The predicted molar refractivity (Wildman–Crippen MR) is 81.7 cm³/mol. The molecule has 12 heteroatoms. The molecule has 27 heavy (non-hydrogen) atoms. The summed E-state index contributed by atoms with van der Waals surface area (Å²) in [5.41, 5.74) is 1.04. The molecule has 0 radical (unpaired) electrons. The number of aromatic nitrogens is 6. The molecule has 0 spiro atoms. The van der Waals surface area contributed by atoms with Gasteiger partial charge < -0.3 is 9.42 Å². The molecule has 0 aliphatic carbocycles. The van der Waals surface area contributed by atoms with Crippen molar-refractivity contribution in [2.75, 3.05) is 13.1 Å². The van der Waals surface area contributed by atoms with Crippen molar-refractivity contribution in [3.05, 3.63) is 47.9 Å². The molecule has 4 rings (SSSR count). The molecule has 2 aromatic heterocycles. The summed E-state index contributed by atoms with van der Waals surface area (Å²) in [6, 6.07) is 6.74. The van der Waals surface area contributed by atoms with Gasteiger partial charge in [0.1, 0.15) is 6.33 Å². The van der Waals surface area contributed by atoms with Gasteiger partial charge in [0.2, 0.25) is 0 Å². The van der Waals surface area contributed by atoms with Crippen molar-refractivity contribution in [2.45, 2.75) is 18.5 Å². The third kappa shape index (κ3) is 3.37. The monoisotopic (exact) mass is 379 g/mol. The van der Waals surface area contributed by atoms with Gasteiger partial charge in [-0.2, -0.15) is 18.2 Å². The van der Waals surface area contributed by atoms with Crippen molar-refractivity contribution in [3.8, 4) is 5.69 Å². The number of nitrogens with zero attached hydrogens (tertiary/aromatic N) is 7. The maximum Gasteiger partial charge on any atom is 0.471 e. The Morgan fingerprint density at radius 3 is 2.85 bits per heavy atom. The second kappa shape index (κ2) is 6.45. The van der Waals surface area contributed by atoms with Gasteiger partial charge in [0.05, 0.1) is 5.69 Å². The molecule has 1 atom stereocenters. The average Bonchev–Trinajstić information content (AvgIpc) is 3.41. The van der Waals surface area contributed by atoms with E-state index < -0.39 is 18.0 Å². The third-order valence-corrected chi connectivity index (χ3v) is 4.23. The van der Waals surface area contributed by atoms with E-state index in [0.717, 1.165) is 0 Å². The minimum atomic E-state index is -4.68. The lowest BCUT2D eigenvalue weighted by Gasteiger charge is -2.16. The number of hydrogen-bond acceptors (Lipinski definition) is 7. The Hall–Kier alpha value is -3.31. The molecule has 0 bridgehead atoms. The molecule has 1 fully saturated rings. The Bertz CT molecular complexity index is 954. The van der Waals surface area contributed by atoms with E-state index in [1.807, 2.05) is 0 Å². The van der Waals surface area contributed by atoms with Crippen LogP contribution in [-0.2, 0) is 6.18 Å². The molecule has 1 saturated heterocycles. The zero-order valence-corrected chi connectivity index (χ0v) is 13.7. The Kier molecular flexibility index (Phi) is 4.09. The van der Waals surface area contributed by atoms with Gasteiger partial charge in [-0.25, -0.2) is 4.68 Å². The van der Waals surface area contributed by atoms with E-state index >= 15 is 0 Å². The van der Waals surface area contributed by atoms with Gasteiger partial charge in [-0.05, 0) is 35.0 Å². The molecule has 1 aromatic carbocycles. The van der Waals surface area contributed by atoms with Crippen LogP contribution in [0.25, 0.3) is 5.69 Å². The lowest BCUT2D eigenvalue weighted by molar-refractivity contribution is -0.159. The standard InChI is InChI=1S/C15H12F3N7O2/c16-15(17,18)14-20-12(21-27-14)10-4-5-24(7-10)13(26)9-2-1-3-11(6-9)25-8-19-22-23-25/h1-3,6,8,10H,4-5,7H2/t10-/m1/s1. The van der Waals surface area contributed by atoms with E-state index in [0.29, 0.717) is 24.2 Å². The van der Waals surface area contributed by atoms with Crippen molar-refractivity contribution < 1.29 is 22.5 Å². The van der Waals surface area contributed by atoms with Crippen LogP contribution in [0.3, 0.4) is 0 Å². The van der Waals surface area contributed by atoms with E-state index in [9.17, 15) is 18.0 Å². The van der Waals surface area contributed by atoms with Crippen LogP contribution < -0.4 is 0 Å². The minimum absolute atomic E-state index is 0.0416. The highest BCUT2D eigenvalue weighted by Gasteiger charge is 2.40. The summed E-state index contributed by atoms with van der Waals surface area (Å²) in [6.07, 6.45) is -2.82. The first kappa shape index (κ1) is 17.1. The van der Waals surface area contributed by atoms with E-state index in [4.69, 9.17) is 0 Å². The van der Waals surface area contributed by atoms with Crippen LogP contribution in [0, 0.1) is 0 Å². The number of tetrazole rings is 1. The maximum absolute atomic E-state index is 12.7. The summed E-state index contributed by atoms with van der Waals surface area (Å²) < 4.78 is 43.5. The van der Waals surface area contributed by atoms with Gasteiger partial charge in [-0.1, -0.05) is 11.2 Å². The Labute approximate surface area is 149 Å². The summed E-state index contributed by atoms with van der Waals surface area (Å²) in [5, 5.41) is 14.3. The first-order chi connectivity index (χ1) is 12.9. The number of carbonyl (C=O) groups excluding carboxylic acids is 1. The van der Waals surface area contributed by atoms with Crippen LogP contribution in [0.15, 0.2) is 35.1 Å². The highest BCUT2D eigenvalue weighted by molar-refractivity contribution is 5.95. The quantitative estimate of drug-likeness (QED) is 0.682. The highest BCUT2D eigenvalue weighted by Crippen LogP contribution is 2.31. The number of alkyl halides is 3. The van der Waals surface area contributed by atoms with Gasteiger partial charge in [-0.3, -0.25) is 4.79 Å². The number of likely N-dealkylation sites (tertiary alicyclic amines) is 1. The molecule has 0 saturated carbocycles. The lowest BCUT2D eigenvalue weighted by atomic mass is 10.1. The van der Waals surface area contributed by atoms with Gasteiger partial charge in [0.25, 0.3) is 5.91 Å². The number of rotatable bonds is 3. The molecule has 140 valence electrons. The van der Waals surface area contributed by atoms with Crippen molar-refractivity contribution >= 4 is 5.91 Å². The fourth-order valence-electron chi connectivity index (χ4n) is 2.91. The van der Waals surface area contributed by atoms with Crippen molar-refractivity contribution in [3.63, 3.8) is 0 Å². The number of hydrogen-bond donors (Lipinski definition) is 0. The van der Waals surface area contributed by atoms with Crippen LogP contribution in [-0.4, -0.2) is 54.2 Å². The van der Waals surface area contributed by atoms with Crippen molar-refractivity contribution in [1.29, 1.82) is 0 Å². The van der Waals surface area contributed by atoms with Crippen molar-refractivity contribution in [2.24, 2.45) is 0 Å². The van der Waals surface area contributed by atoms with Crippen LogP contribution in [0.5, 0.6) is 0 Å². The predicted octanol–water partition coefficient (Wildman–Crippen LogP) is 1.69. The first-order valence-electron chi connectivity index (χ1n) is 7.95. The summed E-state index contributed by atoms with van der Waals surface area (Å²) >= 11 is 0. The average molecular weight is 379 g/mol. The Balaban J connectivity index is 1.48. The van der Waals surface area contributed by atoms with Crippen LogP contribution >= 0.6 is 0 Å². The number of halogens is 3. The maximum atomic E-state index is 12.7. The third-order valence-electron chi connectivity index (χ3n) is 4.23. The number of benzene rings is 1. The summed E-state index contributed by atoms with van der Waals surface area (Å²) in [4.78, 5) is 17.7. The molecular weight excluding hydrogens is 367 g/mol. The van der Waals surface area contributed by atoms with Crippen LogP contribution in [0.2, 0.25) is 0 Å². The molecule has 0 N–H and O–H groups in total. The van der Waals surface area contributed by atoms with Crippen LogP contribution in [0.4, 0.5) is 13.2 Å². The van der Waals surface area contributed by atoms with Gasteiger partial charge in [0.15, 0.2) is 5.82 Å². The summed E-state index contributed by atoms with van der Waals surface area (Å²) in [5.74, 6) is -2.07. The first-order valence-corrected chi connectivity index (χ1v) is 7.95. The molecule has 3 heterocycles. The summed E-state index contributed by atoms with van der Waals surface area (Å²) in [7, 11) is 0. The minimum Gasteiger partial charge on any atom is -0.338 e. The molecule has 1 aliphatic heterocycles. The highest BCUT2D eigenvalue weighted by atomic mass is 19.4. The molecule has 1 aliphatic rings. The molecule has 3 aromatic rings. The van der Waals surface area contributed by atoms with E-state index in [1.165, 1.54) is 11.0 Å². The van der Waals surface area contributed by atoms with Crippen molar-refractivity contribution in [1.82, 2.24) is 35.2 Å². The fraction of sp³-hybridized carbons (Fsp3) is 0.333. The zero-order valence-electron chi connectivity index (χ0n) is 13.7. The van der Waals surface area contributed by atoms with Gasteiger partial charge >= 0.3 is 12.1 Å². The molecule has 0 unspecified atom stereocenters. The normalized spacial score (nSPS) is 17.4. The van der Waals surface area contributed by atoms with E-state index in [2.05, 4.69) is 30.2 Å². The lowest BCUT2D eigenvalue weighted by Crippen LogP contribution is -2.28. The topological polar surface area (TPSA) is 103 Å². The van der Waals surface area contributed by atoms with Gasteiger partial charge in [-0.15, -0.1) is 5.10 Å². The molecule has 9 nitrogen and oxygen atoms in total. The smallest absolute Gasteiger partial charge is 0.338 e.